The number of aryl methyl sites for hydroxylation is 2. The number of anilines is 2. The lowest BCUT2D eigenvalue weighted by molar-refractivity contribution is 0.102. The number of carbonyl (C=O) groups excluding carboxylic acids is 1. The zero-order valence-corrected chi connectivity index (χ0v) is 15.7. The van der Waals surface area contributed by atoms with Gasteiger partial charge in [0, 0.05) is 17.3 Å². The SMILES string of the molecule is CCc1ccc(C(=O)Nc2ccc(S(=O)(=O)Nc3cc(C)on3)cc2)cc1. The number of hydrogen-bond donors (Lipinski definition) is 2. The van der Waals surface area contributed by atoms with Gasteiger partial charge in [-0.25, -0.2) is 8.42 Å². The molecule has 1 heterocycles. The van der Waals surface area contributed by atoms with E-state index in [9.17, 15) is 13.2 Å². The van der Waals surface area contributed by atoms with Crippen LogP contribution in [0.25, 0.3) is 0 Å². The Balaban J connectivity index is 1.69. The van der Waals surface area contributed by atoms with Gasteiger partial charge in [0.1, 0.15) is 5.76 Å². The second-order valence-electron chi connectivity index (χ2n) is 5.96. The van der Waals surface area contributed by atoms with Gasteiger partial charge in [-0.2, -0.15) is 0 Å². The molecule has 0 radical (unpaired) electrons. The lowest BCUT2D eigenvalue weighted by atomic mass is 10.1. The summed E-state index contributed by atoms with van der Waals surface area (Å²) in [5.41, 5.74) is 2.18. The van der Waals surface area contributed by atoms with E-state index >= 15 is 0 Å². The number of sulfonamides is 1. The predicted molar refractivity (Wildman–Crippen MR) is 102 cm³/mol. The number of carbonyl (C=O) groups is 1. The highest BCUT2D eigenvalue weighted by molar-refractivity contribution is 7.92. The Morgan fingerprint density at radius 2 is 1.74 bits per heavy atom. The van der Waals surface area contributed by atoms with Gasteiger partial charge in [0.15, 0.2) is 5.82 Å². The van der Waals surface area contributed by atoms with Crippen LogP contribution in [0.15, 0.2) is 64.0 Å². The molecule has 0 saturated carbocycles. The fraction of sp³-hybridized carbons (Fsp3) is 0.158. The number of nitrogens with zero attached hydrogens (tertiary/aromatic N) is 1. The van der Waals surface area contributed by atoms with Crippen molar-refractivity contribution in [2.24, 2.45) is 0 Å². The van der Waals surface area contributed by atoms with Gasteiger partial charge in [-0.05, 0) is 55.3 Å². The summed E-state index contributed by atoms with van der Waals surface area (Å²) in [6.45, 7) is 3.71. The molecule has 8 heteroatoms. The molecule has 0 aliphatic rings. The van der Waals surface area contributed by atoms with Crippen molar-refractivity contribution in [3.63, 3.8) is 0 Å². The predicted octanol–water partition coefficient (Wildman–Crippen LogP) is 3.60. The molecule has 2 N–H and O–H groups in total. The highest BCUT2D eigenvalue weighted by atomic mass is 32.2. The maximum Gasteiger partial charge on any atom is 0.263 e. The van der Waals surface area contributed by atoms with Crippen LogP contribution in [0.2, 0.25) is 0 Å². The minimum absolute atomic E-state index is 0.0495. The van der Waals surface area contributed by atoms with Crippen LogP contribution in [0, 0.1) is 6.92 Å². The fourth-order valence-corrected chi connectivity index (χ4v) is 3.41. The third-order valence-corrected chi connectivity index (χ3v) is 5.28. The maximum absolute atomic E-state index is 12.3. The summed E-state index contributed by atoms with van der Waals surface area (Å²) in [5, 5.41) is 6.35. The van der Waals surface area contributed by atoms with Crippen LogP contribution < -0.4 is 10.0 Å². The van der Waals surface area contributed by atoms with Gasteiger partial charge in [0.25, 0.3) is 15.9 Å². The van der Waals surface area contributed by atoms with Gasteiger partial charge in [0.05, 0.1) is 4.90 Å². The van der Waals surface area contributed by atoms with Crippen molar-refractivity contribution in [2.75, 3.05) is 10.0 Å². The van der Waals surface area contributed by atoms with E-state index in [4.69, 9.17) is 4.52 Å². The minimum Gasteiger partial charge on any atom is -0.360 e. The van der Waals surface area contributed by atoms with E-state index in [0.717, 1.165) is 12.0 Å². The summed E-state index contributed by atoms with van der Waals surface area (Å²) in [6, 6.07) is 14.7. The molecule has 7 nitrogen and oxygen atoms in total. The second-order valence-corrected chi connectivity index (χ2v) is 7.64. The van der Waals surface area contributed by atoms with Crippen LogP contribution in [0.4, 0.5) is 11.5 Å². The van der Waals surface area contributed by atoms with Crippen LogP contribution in [-0.2, 0) is 16.4 Å². The van der Waals surface area contributed by atoms with E-state index in [-0.39, 0.29) is 16.6 Å². The number of hydrogen-bond acceptors (Lipinski definition) is 5. The van der Waals surface area contributed by atoms with Crippen molar-refractivity contribution in [3.05, 3.63) is 71.5 Å². The Morgan fingerprint density at radius 1 is 1.07 bits per heavy atom. The van der Waals surface area contributed by atoms with Gasteiger partial charge >= 0.3 is 0 Å². The molecule has 0 saturated heterocycles. The Bertz CT molecular complexity index is 1040. The van der Waals surface area contributed by atoms with E-state index in [0.29, 0.717) is 17.0 Å². The lowest BCUT2D eigenvalue weighted by Gasteiger charge is -2.08. The number of aromatic nitrogens is 1. The first-order chi connectivity index (χ1) is 12.9. The van der Waals surface area contributed by atoms with Crippen molar-refractivity contribution in [3.8, 4) is 0 Å². The summed E-state index contributed by atoms with van der Waals surface area (Å²) in [4.78, 5) is 12.3. The fourth-order valence-electron chi connectivity index (χ4n) is 2.42. The average molecular weight is 385 g/mol. The first kappa shape index (κ1) is 18.7. The van der Waals surface area contributed by atoms with Gasteiger partial charge < -0.3 is 9.84 Å². The molecule has 0 bridgehead atoms. The smallest absolute Gasteiger partial charge is 0.263 e. The van der Waals surface area contributed by atoms with Crippen molar-refractivity contribution in [1.29, 1.82) is 0 Å². The number of rotatable bonds is 6. The molecule has 1 aromatic heterocycles. The Morgan fingerprint density at radius 3 is 2.30 bits per heavy atom. The first-order valence-electron chi connectivity index (χ1n) is 8.34. The summed E-state index contributed by atoms with van der Waals surface area (Å²) >= 11 is 0. The summed E-state index contributed by atoms with van der Waals surface area (Å²) < 4.78 is 31.9. The molecule has 0 spiro atoms. The molecular formula is C19H19N3O4S. The van der Waals surface area contributed by atoms with Crippen molar-refractivity contribution < 1.29 is 17.7 Å². The summed E-state index contributed by atoms with van der Waals surface area (Å²) in [7, 11) is -3.79. The molecular weight excluding hydrogens is 366 g/mol. The van der Waals surface area contributed by atoms with Crippen LogP contribution in [0.1, 0.15) is 28.6 Å². The number of amides is 1. The lowest BCUT2D eigenvalue weighted by Crippen LogP contribution is -2.14. The van der Waals surface area contributed by atoms with Gasteiger partial charge in [-0.1, -0.05) is 24.2 Å². The molecule has 3 rings (SSSR count). The standard InChI is InChI=1S/C19H19N3O4S/c1-3-14-4-6-15(7-5-14)19(23)20-16-8-10-17(11-9-16)27(24,25)22-18-12-13(2)26-21-18/h4-12H,3H2,1-2H3,(H,20,23)(H,21,22). The quantitative estimate of drug-likeness (QED) is 0.675. The van der Waals surface area contributed by atoms with Crippen molar-refractivity contribution in [1.82, 2.24) is 5.16 Å². The van der Waals surface area contributed by atoms with Gasteiger partial charge in [0.2, 0.25) is 0 Å². The van der Waals surface area contributed by atoms with Crippen LogP contribution >= 0.6 is 0 Å². The third kappa shape index (κ3) is 4.53. The van der Waals surface area contributed by atoms with Crippen molar-refractivity contribution in [2.45, 2.75) is 25.2 Å². The van der Waals surface area contributed by atoms with E-state index in [1.165, 1.54) is 30.3 Å². The molecule has 3 aromatic rings. The largest absolute Gasteiger partial charge is 0.360 e. The van der Waals surface area contributed by atoms with Crippen LogP contribution in [-0.4, -0.2) is 19.5 Å². The van der Waals surface area contributed by atoms with E-state index in [2.05, 4.69) is 15.2 Å². The molecule has 0 atom stereocenters. The topological polar surface area (TPSA) is 101 Å². The molecule has 0 unspecified atom stereocenters. The van der Waals surface area contributed by atoms with E-state index in [1.807, 2.05) is 19.1 Å². The zero-order chi connectivity index (χ0) is 19.4. The van der Waals surface area contributed by atoms with Crippen LogP contribution in [0.3, 0.4) is 0 Å². The third-order valence-electron chi connectivity index (χ3n) is 3.91. The maximum atomic E-state index is 12.3. The van der Waals surface area contributed by atoms with E-state index in [1.54, 1.807) is 19.1 Å². The first-order valence-corrected chi connectivity index (χ1v) is 9.82. The Labute approximate surface area is 157 Å². The summed E-state index contributed by atoms with van der Waals surface area (Å²) in [6.07, 6.45) is 0.903. The summed E-state index contributed by atoms with van der Waals surface area (Å²) in [5.74, 6) is 0.350. The van der Waals surface area contributed by atoms with Crippen LogP contribution in [0.5, 0.6) is 0 Å². The molecule has 0 fully saturated rings. The molecule has 0 aliphatic carbocycles. The number of benzene rings is 2. The molecule has 140 valence electrons. The van der Waals surface area contributed by atoms with E-state index < -0.39 is 10.0 Å². The minimum atomic E-state index is -3.79. The molecule has 1 amide bonds. The number of nitrogens with one attached hydrogen (secondary N) is 2. The highest BCUT2D eigenvalue weighted by Gasteiger charge is 2.16. The van der Waals surface area contributed by atoms with Gasteiger partial charge in [-0.15, -0.1) is 0 Å². The zero-order valence-electron chi connectivity index (χ0n) is 14.9. The van der Waals surface area contributed by atoms with Gasteiger partial charge in [-0.3, -0.25) is 9.52 Å². The monoisotopic (exact) mass is 385 g/mol. The second kappa shape index (κ2) is 7.63. The molecule has 2 aromatic carbocycles. The molecule has 0 aliphatic heterocycles. The Kier molecular flexibility index (Phi) is 5.27. The van der Waals surface area contributed by atoms with Crippen molar-refractivity contribution >= 4 is 27.4 Å². The highest BCUT2D eigenvalue weighted by Crippen LogP contribution is 2.19. The average Bonchev–Trinajstić information content (AvgIpc) is 3.06. The molecule has 27 heavy (non-hydrogen) atoms. The normalized spacial score (nSPS) is 11.2. The Hall–Kier alpha value is -3.13.